The SMILES string of the molecule is CC(C)c1nn(Cc2cccc(F)c2)c(=O)c2c1cnn2-c1ccccc1. The molecule has 2 aromatic heterocycles. The third kappa shape index (κ3) is 3.14. The first kappa shape index (κ1) is 17.1. The monoisotopic (exact) mass is 362 g/mol. The lowest BCUT2D eigenvalue weighted by atomic mass is 10.1. The average Bonchev–Trinajstić information content (AvgIpc) is 3.10. The van der Waals surface area contributed by atoms with Crippen LogP contribution in [0.15, 0.2) is 65.6 Å². The zero-order chi connectivity index (χ0) is 19.0. The minimum absolute atomic E-state index is 0.111. The molecule has 0 spiro atoms. The largest absolute Gasteiger partial charge is 0.293 e. The van der Waals surface area contributed by atoms with E-state index in [-0.39, 0.29) is 23.8 Å². The lowest BCUT2D eigenvalue weighted by molar-refractivity contribution is 0.599. The zero-order valence-corrected chi connectivity index (χ0v) is 15.1. The number of benzene rings is 2. The van der Waals surface area contributed by atoms with Gasteiger partial charge < -0.3 is 0 Å². The molecule has 6 heteroatoms. The molecule has 2 aromatic carbocycles. The highest BCUT2D eigenvalue weighted by Gasteiger charge is 2.18. The molecule has 0 atom stereocenters. The van der Waals surface area contributed by atoms with Crippen molar-refractivity contribution in [2.75, 3.05) is 0 Å². The van der Waals surface area contributed by atoms with E-state index in [9.17, 15) is 9.18 Å². The molecule has 0 aliphatic carbocycles. The quantitative estimate of drug-likeness (QED) is 0.553. The molecule has 0 fully saturated rings. The van der Waals surface area contributed by atoms with Crippen molar-refractivity contribution in [1.82, 2.24) is 19.6 Å². The second-order valence-corrected chi connectivity index (χ2v) is 6.79. The van der Waals surface area contributed by atoms with Gasteiger partial charge >= 0.3 is 0 Å². The van der Waals surface area contributed by atoms with Crippen LogP contribution in [0.3, 0.4) is 0 Å². The first-order valence-corrected chi connectivity index (χ1v) is 8.83. The van der Waals surface area contributed by atoms with Gasteiger partial charge in [-0.2, -0.15) is 10.2 Å². The number of fused-ring (bicyclic) bond motifs is 1. The predicted molar refractivity (Wildman–Crippen MR) is 103 cm³/mol. The molecule has 0 bridgehead atoms. The fraction of sp³-hybridized carbons (Fsp3) is 0.190. The van der Waals surface area contributed by atoms with Gasteiger partial charge in [0.1, 0.15) is 11.3 Å². The summed E-state index contributed by atoms with van der Waals surface area (Å²) in [5.74, 6) is -0.222. The molecule has 0 amide bonds. The van der Waals surface area contributed by atoms with Gasteiger partial charge in [0.15, 0.2) is 0 Å². The Morgan fingerprint density at radius 3 is 2.56 bits per heavy atom. The smallest absolute Gasteiger partial charge is 0.265 e. The summed E-state index contributed by atoms with van der Waals surface area (Å²) in [6, 6.07) is 15.7. The fourth-order valence-electron chi connectivity index (χ4n) is 3.20. The van der Waals surface area contributed by atoms with Crippen molar-refractivity contribution >= 4 is 10.9 Å². The molecule has 5 nitrogen and oxygen atoms in total. The molecule has 0 saturated carbocycles. The van der Waals surface area contributed by atoms with Crippen LogP contribution in [0.4, 0.5) is 4.39 Å². The maximum absolute atomic E-state index is 13.5. The molecule has 4 aromatic rings. The summed E-state index contributed by atoms with van der Waals surface area (Å²) in [7, 11) is 0. The van der Waals surface area contributed by atoms with Crippen LogP contribution < -0.4 is 5.56 Å². The number of halogens is 1. The van der Waals surface area contributed by atoms with E-state index in [4.69, 9.17) is 0 Å². The second-order valence-electron chi connectivity index (χ2n) is 6.79. The Morgan fingerprint density at radius 1 is 1.07 bits per heavy atom. The van der Waals surface area contributed by atoms with Crippen molar-refractivity contribution in [3.63, 3.8) is 0 Å². The van der Waals surface area contributed by atoms with Crippen LogP contribution in [0, 0.1) is 5.82 Å². The van der Waals surface area contributed by atoms with Crippen molar-refractivity contribution in [2.24, 2.45) is 0 Å². The number of nitrogens with zero attached hydrogens (tertiary/aromatic N) is 4. The summed E-state index contributed by atoms with van der Waals surface area (Å²) in [5, 5.41) is 9.74. The van der Waals surface area contributed by atoms with Crippen molar-refractivity contribution in [2.45, 2.75) is 26.3 Å². The van der Waals surface area contributed by atoms with Crippen molar-refractivity contribution in [3.8, 4) is 5.69 Å². The fourth-order valence-corrected chi connectivity index (χ4v) is 3.20. The Bertz CT molecular complexity index is 1160. The highest BCUT2D eigenvalue weighted by molar-refractivity contribution is 5.82. The van der Waals surface area contributed by atoms with E-state index >= 15 is 0 Å². The summed E-state index contributed by atoms with van der Waals surface area (Å²) >= 11 is 0. The van der Waals surface area contributed by atoms with Gasteiger partial charge in [-0.05, 0) is 35.7 Å². The Morgan fingerprint density at radius 2 is 1.85 bits per heavy atom. The van der Waals surface area contributed by atoms with Crippen molar-refractivity contribution in [3.05, 3.63) is 88.2 Å². The summed E-state index contributed by atoms with van der Waals surface area (Å²) in [6.45, 7) is 4.25. The first-order chi connectivity index (χ1) is 13.0. The molecule has 0 radical (unpaired) electrons. The van der Waals surface area contributed by atoms with E-state index < -0.39 is 0 Å². The first-order valence-electron chi connectivity index (χ1n) is 8.83. The van der Waals surface area contributed by atoms with Gasteiger partial charge in [0.25, 0.3) is 5.56 Å². The topological polar surface area (TPSA) is 52.7 Å². The van der Waals surface area contributed by atoms with E-state index in [0.717, 1.165) is 16.8 Å². The van der Waals surface area contributed by atoms with Crippen LogP contribution in [0.2, 0.25) is 0 Å². The van der Waals surface area contributed by atoms with Crippen LogP contribution >= 0.6 is 0 Å². The van der Waals surface area contributed by atoms with E-state index in [2.05, 4.69) is 10.2 Å². The van der Waals surface area contributed by atoms with Gasteiger partial charge in [0, 0.05) is 5.39 Å². The second kappa shape index (κ2) is 6.79. The molecule has 27 heavy (non-hydrogen) atoms. The Kier molecular flexibility index (Phi) is 4.32. The average molecular weight is 362 g/mol. The van der Waals surface area contributed by atoms with E-state index in [1.54, 1.807) is 23.0 Å². The molecule has 0 unspecified atom stereocenters. The molecule has 136 valence electrons. The van der Waals surface area contributed by atoms with Gasteiger partial charge in [-0.3, -0.25) is 4.79 Å². The predicted octanol–water partition coefficient (Wildman–Crippen LogP) is 3.89. The van der Waals surface area contributed by atoms with E-state index in [1.165, 1.54) is 16.8 Å². The molecule has 0 saturated heterocycles. The Labute approximate surface area is 155 Å². The zero-order valence-electron chi connectivity index (χ0n) is 15.1. The Balaban J connectivity index is 1.95. The molecule has 0 N–H and O–H groups in total. The lowest BCUT2D eigenvalue weighted by Gasteiger charge is -2.12. The number of hydrogen-bond acceptors (Lipinski definition) is 3. The maximum Gasteiger partial charge on any atom is 0.293 e. The van der Waals surface area contributed by atoms with Crippen LogP contribution in [-0.2, 0) is 6.54 Å². The molecule has 0 aliphatic heterocycles. The molecule has 2 heterocycles. The summed E-state index contributed by atoms with van der Waals surface area (Å²) in [4.78, 5) is 13.2. The number of aromatic nitrogens is 4. The third-order valence-electron chi connectivity index (χ3n) is 4.48. The van der Waals surface area contributed by atoms with E-state index in [1.807, 2.05) is 44.2 Å². The highest BCUT2D eigenvalue weighted by Crippen LogP contribution is 2.23. The van der Waals surface area contributed by atoms with Crippen molar-refractivity contribution in [1.29, 1.82) is 0 Å². The third-order valence-corrected chi connectivity index (χ3v) is 4.48. The summed E-state index contributed by atoms with van der Waals surface area (Å²) in [6.07, 6.45) is 1.69. The number of hydrogen-bond donors (Lipinski definition) is 0. The maximum atomic E-state index is 13.5. The minimum atomic E-state index is -0.333. The summed E-state index contributed by atoms with van der Waals surface area (Å²) in [5.41, 5.74) is 2.52. The molecular formula is C21H19FN4O. The normalized spacial score (nSPS) is 11.4. The van der Waals surface area contributed by atoms with Gasteiger partial charge in [-0.15, -0.1) is 0 Å². The standard InChI is InChI=1S/C21H19FN4O/c1-14(2)19-18-12-23-26(17-9-4-3-5-10-17)20(18)21(27)25(24-19)13-15-7-6-8-16(22)11-15/h3-12,14H,13H2,1-2H3. The molecule has 0 aliphatic rings. The minimum Gasteiger partial charge on any atom is -0.265 e. The van der Waals surface area contributed by atoms with Gasteiger partial charge in [0.05, 0.1) is 24.1 Å². The number of para-hydroxylation sites is 1. The molecular weight excluding hydrogens is 343 g/mol. The lowest BCUT2D eigenvalue weighted by Crippen LogP contribution is -2.27. The number of rotatable bonds is 4. The van der Waals surface area contributed by atoms with E-state index in [0.29, 0.717) is 11.1 Å². The van der Waals surface area contributed by atoms with Crippen LogP contribution in [0.1, 0.15) is 31.0 Å². The van der Waals surface area contributed by atoms with Crippen LogP contribution in [-0.4, -0.2) is 19.6 Å². The van der Waals surface area contributed by atoms with Crippen LogP contribution in [0.5, 0.6) is 0 Å². The summed E-state index contributed by atoms with van der Waals surface area (Å²) < 4.78 is 16.6. The van der Waals surface area contributed by atoms with Gasteiger partial charge in [-0.1, -0.05) is 44.2 Å². The van der Waals surface area contributed by atoms with Gasteiger partial charge in [0.2, 0.25) is 0 Å². The van der Waals surface area contributed by atoms with Crippen molar-refractivity contribution < 1.29 is 4.39 Å². The van der Waals surface area contributed by atoms with Crippen LogP contribution in [0.25, 0.3) is 16.6 Å². The van der Waals surface area contributed by atoms with Gasteiger partial charge in [-0.25, -0.2) is 13.8 Å². The molecule has 4 rings (SSSR count). The Hall–Kier alpha value is -3.28. The highest BCUT2D eigenvalue weighted by atomic mass is 19.1.